The van der Waals surface area contributed by atoms with E-state index in [1.165, 1.54) is 0 Å². The van der Waals surface area contributed by atoms with Gasteiger partial charge in [-0.15, -0.1) is 0 Å². The Hall–Kier alpha value is -1.81. The summed E-state index contributed by atoms with van der Waals surface area (Å²) in [4.78, 5) is 12.2. The first-order valence-corrected chi connectivity index (χ1v) is 8.09. The molecule has 0 spiro atoms. The van der Waals surface area contributed by atoms with Gasteiger partial charge in [0.2, 0.25) is 5.91 Å². The van der Waals surface area contributed by atoms with Gasteiger partial charge in [0.1, 0.15) is 0 Å². The quantitative estimate of drug-likeness (QED) is 0.925. The highest BCUT2D eigenvalue weighted by atomic mass is 35.5. The first-order valence-electron chi connectivity index (χ1n) is 7.71. The lowest BCUT2D eigenvalue weighted by Gasteiger charge is -2.20. The van der Waals surface area contributed by atoms with Crippen molar-refractivity contribution in [2.75, 3.05) is 0 Å². The van der Waals surface area contributed by atoms with Crippen molar-refractivity contribution >= 4 is 17.5 Å². The Kier molecular flexibility index (Phi) is 4.85. The molecule has 0 unspecified atom stereocenters. The van der Waals surface area contributed by atoms with E-state index in [2.05, 4.69) is 10.4 Å². The SMILES string of the molecule is Cc1ccc(-n2nc(C)c(CC(=O)NC(C)(C)C)c2C)cc1Cl. The van der Waals surface area contributed by atoms with Gasteiger partial charge >= 0.3 is 0 Å². The van der Waals surface area contributed by atoms with Gasteiger partial charge in [-0.1, -0.05) is 17.7 Å². The summed E-state index contributed by atoms with van der Waals surface area (Å²) in [6, 6.07) is 5.86. The van der Waals surface area contributed by atoms with Crippen molar-refractivity contribution in [3.63, 3.8) is 0 Å². The third-order valence-electron chi connectivity index (χ3n) is 3.69. The summed E-state index contributed by atoms with van der Waals surface area (Å²) in [5, 5.41) is 8.28. The van der Waals surface area contributed by atoms with Crippen LogP contribution in [0.1, 0.15) is 43.3 Å². The van der Waals surface area contributed by atoms with Gasteiger partial charge in [-0.25, -0.2) is 4.68 Å². The van der Waals surface area contributed by atoms with Gasteiger partial charge in [0, 0.05) is 21.8 Å². The van der Waals surface area contributed by atoms with Crippen LogP contribution in [0.4, 0.5) is 0 Å². The highest BCUT2D eigenvalue weighted by molar-refractivity contribution is 6.31. The molecule has 5 heteroatoms. The molecule has 0 radical (unpaired) electrons. The molecule has 1 N–H and O–H groups in total. The number of aromatic nitrogens is 2. The van der Waals surface area contributed by atoms with Crippen LogP contribution in [-0.4, -0.2) is 21.2 Å². The van der Waals surface area contributed by atoms with Crippen LogP contribution in [0, 0.1) is 20.8 Å². The molecule has 0 bridgehead atoms. The molecule has 2 rings (SSSR count). The fourth-order valence-electron chi connectivity index (χ4n) is 2.52. The lowest BCUT2D eigenvalue weighted by atomic mass is 10.1. The summed E-state index contributed by atoms with van der Waals surface area (Å²) in [5.41, 5.74) is 4.49. The highest BCUT2D eigenvalue weighted by Gasteiger charge is 2.19. The van der Waals surface area contributed by atoms with Crippen LogP contribution in [-0.2, 0) is 11.2 Å². The van der Waals surface area contributed by atoms with E-state index in [0.29, 0.717) is 11.4 Å². The van der Waals surface area contributed by atoms with Crippen molar-refractivity contribution < 1.29 is 4.79 Å². The Morgan fingerprint density at radius 1 is 1.26 bits per heavy atom. The van der Waals surface area contributed by atoms with Crippen LogP contribution in [0.3, 0.4) is 0 Å². The lowest BCUT2D eigenvalue weighted by molar-refractivity contribution is -0.121. The van der Waals surface area contributed by atoms with Gasteiger partial charge < -0.3 is 5.32 Å². The van der Waals surface area contributed by atoms with Crippen LogP contribution in [0.5, 0.6) is 0 Å². The molecular weight excluding hydrogens is 310 g/mol. The number of hydrogen-bond acceptors (Lipinski definition) is 2. The number of carbonyl (C=O) groups excluding carboxylic acids is 1. The lowest BCUT2D eigenvalue weighted by Crippen LogP contribution is -2.41. The largest absolute Gasteiger partial charge is 0.351 e. The van der Waals surface area contributed by atoms with Crippen LogP contribution in [0.25, 0.3) is 5.69 Å². The maximum absolute atomic E-state index is 12.2. The Morgan fingerprint density at radius 2 is 1.91 bits per heavy atom. The molecule has 1 heterocycles. The maximum Gasteiger partial charge on any atom is 0.224 e. The number of nitrogens with zero attached hydrogens (tertiary/aromatic N) is 2. The van der Waals surface area contributed by atoms with Crippen LogP contribution in [0.15, 0.2) is 18.2 Å². The van der Waals surface area contributed by atoms with Gasteiger partial charge in [-0.2, -0.15) is 5.10 Å². The summed E-state index contributed by atoms with van der Waals surface area (Å²) in [5.74, 6) is 0.00480. The van der Waals surface area contributed by atoms with Crippen molar-refractivity contribution in [3.05, 3.63) is 45.7 Å². The minimum Gasteiger partial charge on any atom is -0.351 e. The standard InChI is InChI=1S/C18H24ClN3O/c1-11-7-8-14(9-16(11)19)22-13(3)15(12(2)21-22)10-17(23)20-18(4,5)6/h7-9H,10H2,1-6H3,(H,20,23). The third-order valence-corrected chi connectivity index (χ3v) is 4.10. The van der Waals surface area contributed by atoms with Crippen molar-refractivity contribution in [2.24, 2.45) is 0 Å². The predicted octanol–water partition coefficient (Wildman–Crippen LogP) is 3.91. The summed E-state index contributed by atoms with van der Waals surface area (Å²) in [6.07, 6.45) is 0.328. The molecule has 124 valence electrons. The first-order chi connectivity index (χ1) is 10.6. The Morgan fingerprint density at radius 3 is 2.48 bits per heavy atom. The van der Waals surface area contributed by atoms with Crippen LogP contribution < -0.4 is 5.32 Å². The second kappa shape index (κ2) is 6.36. The van der Waals surface area contributed by atoms with Crippen LogP contribution >= 0.6 is 11.6 Å². The van der Waals surface area contributed by atoms with E-state index < -0.39 is 0 Å². The zero-order valence-electron chi connectivity index (χ0n) is 14.6. The van der Waals surface area contributed by atoms with E-state index in [0.717, 1.165) is 28.2 Å². The van der Waals surface area contributed by atoms with E-state index >= 15 is 0 Å². The molecule has 4 nitrogen and oxygen atoms in total. The minimum atomic E-state index is -0.237. The van der Waals surface area contributed by atoms with Crippen molar-refractivity contribution in [2.45, 2.75) is 53.5 Å². The average molecular weight is 334 g/mol. The molecule has 1 amide bonds. The van der Waals surface area contributed by atoms with Crippen molar-refractivity contribution in [1.29, 1.82) is 0 Å². The summed E-state index contributed by atoms with van der Waals surface area (Å²) >= 11 is 6.21. The molecule has 0 fully saturated rings. The van der Waals surface area contributed by atoms with E-state index in [4.69, 9.17) is 11.6 Å². The average Bonchev–Trinajstić information content (AvgIpc) is 2.68. The van der Waals surface area contributed by atoms with Crippen molar-refractivity contribution in [3.8, 4) is 5.69 Å². The molecule has 23 heavy (non-hydrogen) atoms. The highest BCUT2D eigenvalue weighted by Crippen LogP contribution is 2.23. The first kappa shape index (κ1) is 17.5. The second-order valence-electron chi connectivity index (χ2n) is 6.97. The van der Waals surface area contributed by atoms with Gasteiger partial charge in [-0.3, -0.25) is 4.79 Å². The van der Waals surface area contributed by atoms with Crippen molar-refractivity contribution in [1.82, 2.24) is 15.1 Å². The fraction of sp³-hybridized carbons (Fsp3) is 0.444. The number of carbonyl (C=O) groups is 1. The smallest absolute Gasteiger partial charge is 0.224 e. The second-order valence-corrected chi connectivity index (χ2v) is 7.38. The van der Waals surface area contributed by atoms with Gasteiger partial charge in [0.15, 0.2) is 0 Å². The minimum absolute atomic E-state index is 0.00480. The molecule has 0 saturated heterocycles. The molecule has 0 aliphatic rings. The van der Waals surface area contributed by atoms with E-state index in [-0.39, 0.29) is 11.4 Å². The number of rotatable bonds is 3. The molecule has 0 saturated carbocycles. The Bertz CT molecular complexity index is 741. The van der Waals surface area contributed by atoms with Gasteiger partial charge in [0.25, 0.3) is 0 Å². The maximum atomic E-state index is 12.2. The summed E-state index contributed by atoms with van der Waals surface area (Å²) < 4.78 is 1.85. The van der Waals surface area contributed by atoms with E-state index in [1.807, 2.05) is 64.4 Å². The van der Waals surface area contributed by atoms with E-state index in [1.54, 1.807) is 0 Å². The third kappa shape index (κ3) is 4.14. The number of amides is 1. The monoisotopic (exact) mass is 333 g/mol. The molecule has 2 aromatic rings. The number of aryl methyl sites for hydroxylation is 2. The van der Waals surface area contributed by atoms with Gasteiger partial charge in [-0.05, 0) is 59.2 Å². The molecule has 1 aromatic carbocycles. The molecule has 0 aliphatic heterocycles. The predicted molar refractivity (Wildman–Crippen MR) is 94.4 cm³/mol. The zero-order chi connectivity index (χ0) is 17.4. The molecule has 0 aliphatic carbocycles. The normalized spacial score (nSPS) is 11.6. The zero-order valence-corrected chi connectivity index (χ0v) is 15.4. The van der Waals surface area contributed by atoms with Gasteiger partial charge in [0.05, 0.1) is 17.8 Å². The van der Waals surface area contributed by atoms with E-state index in [9.17, 15) is 4.79 Å². The number of halogens is 1. The Labute approximate surface area is 142 Å². The number of nitrogens with one attached hydrogen (secondary N) is 1. The number of hydrogen-bond donors (Lipinski definition) is 1. The summed E-state index contributed by atoms with van der Waals surface area (Å²) in [7, 11) is 0. The topological polar surface area (TPSA) is 46.9 Å². The molecule has 1 aromatic heterocycles. The molecular formula is C18H24ClN3O. The summed E-state index contributed by atoms with van der Waals surface area (Å²) in [6.45, 7) is 11.8. The number of benzene rings is 1. The fourth-order valence-corrected chi connectivity index (χ4v) is 2.69. The molecule has 0 atom stereocenters. The van der Waals surface area contributed by atoms with Crippen LogP contribution in [0.2, 0.25) is 5.02 Å². The Balaban J connectivity index is 2.32.